The van der Waals surface area contributed by atoms with Crippen LogP contribution in [0.1, 0.15) is 39.5 Å². The van der Waals surface area contributed by atoms with Crippen LogP contribution in [-0.2, 0) is 0 Å². The molecule has 1 aliphatic rings. The summed E-state index contributed by atoms with van der Waals surface area (Å²) in [5, 5.41) is 3.54. The number of nitrogens with two attached hydrogens (primary N) is 1. The number of rotatable bonds is 3. The van der Waals surface area contributed by atoms with E-state index in [0.717, 1.165) is 5.82 Å². The number of nitrogens with one attached hydrogen (secondary N) is 2. The molecular formula is C13H22N4. The molecule has 1 heterocycles. The molecule has 2 rings (SSSR count). The molecule has 0 saturated heterocycles. The number of anilines is 2. The highest BCUT2D eigenvalue weighted by molar-refractivity contribution is 5.45. The van der Waals surface area contributed by atoms with Gasteiger partial charge in [-0.3, -0.25) is 0 Å². The van der Waals surface area contributed by atoms with Gasteiger partial charge in [0.25, 0.3) is 0 Å². The maximum atomic E-state index is 5.36. The first kappa shape index (κ1) is 12.2. The molecule has 1 aliphatic carbocycles. The van der Waals surface area contributed by atoms with Crippen molar-refractivity contribution < 1.29 is 0 Å². The van der Waals surface area contributed by atoms with Gasteiger partial charge in [-0.25, -0.2) is 10.8 Å². The zero-order valence-electron chi connectivity index (χ0n) is 10.7. The lowest BCUT2D eigenvalue weighted by molar-refractivity contribution is 0.216. The molecule has 0 bridgehead atoms. The minimum absolute atomic E-state index is 0.339. The number of nitrogens with zero attached hydrogens (tertiary/aromatic N) is 1. The van der Waals surface area contributed by atoms with Crippen LogP contribution in [-0.4, -0.2) is 11.0 Å². The van der Waals surface area contributed by atoms with Crippen molar-refractivity contribution in [1.82, 2.24) is 4.98 Å². The average Bonchev–Trinajstić information content (AvgIpc) is 2.32. The van der Waals surface area contributed by atoms with E-state index < -0.39 is 0 Å². The molecule has 0 aromatic carbocycles. The third-order valence-corrected chi connectivity index (χ3v) is 3.73. The first-order chi connectivity index (χ1) is 8.12. The Morgan fingerprint density at radius 3 is 2.76 bits per heavy atom. The van der Waals surface area contributed by atoms with Gasteiger partial charge in [0.2, 0.25) is 0 Å². The van der Waals surface area contributed by atoms with E-state index in [1.54, 1.807) is 0 Å². The van der Waals surface area contributed by atoms with Crippen molar-refractivity contribution in [3.8, 4) is 0 Å². The molecule has 1 aromatic rings. The van der Waals surface area contributed by atoms with Gasteiger partial charge < -0.3 is 10.7 Å². The van der Waals surface area contributed by atoms with E-state index in [9.17, 15) is 0 Å². The highest BCUT2D eigenvalue weighted by Crippen LogP contribution is 2.37. The topological polar surface area (TPSA) is 63.0 Å². The van der Waals surface area contributed by atoms with E-state index >= 15 is 0 Å². The Kier molecular flexibility index (Phi) is 3.52. The van der Waals surface area contributed by atoms with Crippen molar-refractivity contribution >= 4 is 11.6 Å². The van der Waals surface area contributed by atoms with Crippen molar-refractivity contribution in [3.63, 3.8) is 0 Å². The normalized spacial score (nSPS) is 23.1. The minimum atomic E-state index is 0.339. The Balaban J connectivity index is 2.08. The predicted octanol–water partition coefficient (Wildman–Crippen LogP) is 2.75. The van der Waals surface area contributed by atoms with Gasteiger partial charge in [-0.2, -0.15) is 0 Å². The van der Waals surface area contributed by atoms with E-state index in [-0.39, 0.29) is 0 Å². The van der Waals surface area contributed by atoms with Gasteiger partial charge in [0, 0.05) is 6.04 Å². The summed E-state index contributed by atoms with van der Waals surface area (Å²) in [6, 6.07) is 6.31. The largest absolute Gasteiger partial charge is 0.367 e. The molecule has 17 heavy (non-hydrogen) atoms. The zero-order chi connectivity index (χ0) is 12.3. The molecule has 94 valence electrons. The highest BCUT2D eigenvalue weighted by Gasteiger charge is 2.32. The highest BCUT2D eigenvalue weighted by atomic mass is 15.3. The molecule has 4 N–H and O–H groups in total. The van der Waals surface area contributed by atoms with Crippen LogP contribution >= 0.6 is 0 Å². The average molecular weight is 234 g/mol. The maximum absolute atomic E-state index is 5.36. The van der Waals surface area contributed by atoms with Gasteiger partial charge in [0.05, 0.1) is 0 Å². The molecule has 4 heteroatoms. The van der Waals surface area contributed by atoms with E-state index in [2.05, 4.69) is 29.6 Å². The molecule has 1 saturated carbocycles. The monoisotopic (exact) mass is 234 g/mol. The summed E-state index contributed by atoms with van der Waals surface area (Å²) in [4.78, 5) is 4.40. The van der Waals surface area contributed by atoms with Crippen molar-refractivity contribution in [1.29, 1.82) is 0 Å². The summed E-state index contributed by atoms with van der Waals surface area (Å²) in [6.45, 7) is 4.66. The van der Waals surface area contributed by atoms with E-state index in [1.807, 2.05) is 18.2 Å². The van der Waals surface area contributed by atoms with Crippen LogP contribution in [0.4, 0.5) is 11.6 Å². The zero-order valence-corrected chi connectivity index (χ0v) is 10.7. The van der Waals surface area contributed by atoms with Crippen molar-refractivity contribution in [2.45, 2.75) is 45.6 Å². The van der Waals surface area contributed by atoms with Crippen molar-refractivity contribution in [2.24, 2.45) is 11.3 Å². The second kappa shape index (κ2) is 4.92. The summed E-state index contributed by atoms with van der Waals surface area (Å²) in [6.07, 6.45) is 5.13. The standard InChI is InChI=1S/C13H22N4/c1-13(2)9-4-3-6-10(13)15-11-7-5-8-12(16-11)17-14/h5,7-8,10H,3-4,6,9,14H2,1-2H3,(H2,15,16,17). The SMILES string of the molecule is CC1(C)CCCCC1Nc1cccc(NN)n1. The van der Waals surface area contributed by atoms with Crippen LogP contribution in [0.3, 0.4) is 0 Å². The van der Waals surface area contributed by atoms with Crippen LogP contribution < -0.4 is 16.6 Å². The van der Waals surface area contributed by atoms with E-state index in [1.165, 1.54) is 25.7 Å². The van der Waals surface area contributed by atoms with E-state index in [0.29, 0.717) is 17.3 Å². The Labute approximate surface area is 103 Å². The lowest BCUT2D eigenvalue weighted by Crippen LogP contribution is -2.39. The van der Waals surface area contributed by atoms with Crippen LogP contribution in [0.25, 0.3) is 0 Å². The Morgan fingerprint density at radius 2 is 2.06 bits per heavy atom. The minimum Gasteiger partial charge on any atom is -0.367 e. The summed E-state index contributed by atoms with van der Waals surface area (Å²) < 4.78 is 0. The fourth-order valence-corrected chi connectivity index (χ4v) is 2.54. The lowest BCUT2D eigenvalue weighted by Gasteiger charge is -2.39. The molecule has 4 nitrogen and oxygen atoms in total. The molecule has 1 aromatic heterocycles. The molecule has 0 radical (unpaired) electrons. The Bertz CT molecular complexity index is 375. The number of nitrogen functional groups attached to an aromatic ring is 1. The van der Waals surface area contributed by atoms with Gasteiger partial charge in [-0.05, 0) is 30.4 Å². The summed E-state index contributed by atoms with van der Waals surface area (Å²) in [7, 11) is 0. The number of aromatic nitrogens is 1. The Morgan fingerprint density at radius 1 is 1.29 bits per heavy atom. The summed E-state index contributed by atoms with van der Waals surface area (Å²) in [5.74, 6) is 6.97. The second-order valence-corrected chi connectivity index (χ2v) is 5.48. The van der Waals surface area contributed by atoms with Crippen LogP contribution in [0.5, 0.6) is 0 Å². The third-order valence-electron chi connectivity index (χ3n) is 3.73. The van der Waals surface area contributed by atoms with Gasteiger partial charge in [0.15, 0.2) is 0 Å². The quantitative estimate of drug-likeness (QED) is 0.556. The molecule has 1 fully saturated rings. The fourth-order valence-electron chi connectivity index (χ4n) is 2.54. The van der Waals surface area contributed by atoms with Crippen LogP contribution in [0.15, 0.2) is 18.2 Å². The van der Waals surface area contributed by atoms with Crippen molar-refractivity contribution in [2.75, 3.05) is 10.7 Å². The molecule has 0 aliphatic heterocycles. The number of hydrazine groups is 1. The number of hydrogen-bond donors (Lipinski definition) is 3. The summed E-state index contributed by atoms with van der Waals surface area (Å²) >= 11 is 0. The van der Waals surface area contributed by atoms with E-state index in [4.69, 9.17) is 5.84 Å². The first-order valence-electron chi connectivity index (χ1n) is 6.32. The molecular weight excluding hydrogens is 212 g/mol. The van der Waals surface area contributed by atoms with Crippen LogP contribution in [0, 0.1) is 5.41 Å². The van der Waals surface area contributed by atoms with Gasteiger partial charge in [0.1, 0.15) is 11.6 Å². The maximum Gasteiger partial charge on any atom is 0.142 e. The smallest absolute Gasteiger partial charge is 0.142 e. The molecule has 1 unspecified atom stereocenters. The Hall–Kier alpha value is -1.29. The van der Waals surface area contributed by atoms with Gasteiger partial charge in [-0.15, -0.1) is 0 Å². The van der Waals surface area contributed by atoms with Crippen molar-refractivity contribution in [3.05, 3.63) is 18.2 Å². The molecule has 0 spiro atoms. The third kappa shape index (κ3) is 2.88. The second-order valence-electron chi connectivity index (χ2n) is 5.48. The number of hydrogen-bond acceptors (Lipinski definition) is 4. The van der Waals surface area contributed by atoms with Crippen LogP contribution in [0.2, 0.25) is 0 Å². The molecule has 0 amide bonds. The van der Waals surface area contributed by atoms with Gasteiger partial charge >= 0.3 is 0 Å². The molecule has 1 atom stereocenters. The number of pyridine rings is 1. The summed E-state index contributed by atoms with van der Waals surface area (Å²) in [5.41, 5.74) is 2.91. The lowest BCUT2D eigenvalue weighted by atomic mass is 9.73. The first-order valence-corrected chi connectivity index (χ1v) is 6.32. The fraction of sp³-hybridized carbons (Fsp3) is 0.615. The van der Waals surface area contributed by atoms with Gasteiger partial charge in [-0.1, -0.05) is 32.8 Å². The predicted molar refractivity (Wildman–Crippen MR) is 71.7 cm³/mol.